The van der Waals surface area contributed by atoms with Gasteiger partial charge in [-0.3, -0.25) is 0 Å². The van der Waals surface area contributed by atoms with E-state index in [4.69, 9.17) is 4.74 Å². The fourth-order valence-corrected chi connectivity index (χ4v) is 4.27. The second-order valence-corrected chi connectivity index (χ2v) is 6.23. The third-order valence-corrected chi connectivity index (χ3v) is 5.50. The van der Waals surface area contributed by atoms with E-state index in [0.717, 1.165) is 5.57 Å². The minimum absolute atomic E-state index is 0.00618. The van der Waals surface area contributed by atoms with Crippen molar-refractivity contribution in [2.45, 2.75) is 19.4 Å². The standard InChI is InChI=1S/C15H18O6/c1-7-4-14-10(8(7)2)3-9(12(17)18)11(14)5-21-13(19)15(14,20)6-16/h3-4,8,10-11,16,20H,5-6H2,1-2H3,(H,17,18)/t8-,10-,11+,14-,15-/m1/s1. The highest BCUT2D eigenvalue weighted by Gasteiger charge is 2.71. The van der Waals surface area contributed by atoms with Crippen LogP contribution in [0.2, 0.25) is 0 Å². The average molecular weight is 294 g/mol. The summed E-state index contributed by atoms with van der Waals surface area (Å²) in [6.07, 6.45) is 3.39. The lowest BCUT2D eigenvalue weighted by atomic mass is 9.59. The van der Waals surface area contributed by atoms with Gasteiger partial charge in [-0.05, 0) is 18.8 Å². The molecular formula is C15H18O6. The molecule has 0 amide bonds. The summed E-state index contributed by atoms with van der Waals surface area (Å²) < 4.78 is 4.97. The number of carboxylic acid groups (broad SMARTS) is 1. The molecule has 3 rings (SSSR count). The van der Waals surface area contributed by atoms with Crippen LogP contribution in [-0.2, 0) is 14.3 Å². The predicted molar refractivity (Wildman–Crippen MR) is 71.0 cm³/mol. The Kier molecular flexibility index (Phi) is 2.84. The zero-order chi connectivity index (χ0) is 15.6. The summed E-state index contributed by atoms with van der Waals surface area (Å²) in [5.74, 6) is -2.95. The van der Waals surface area contributed by atoms with Crippen LogP contribution in [-0.4, -0.2) is 46.1 Å². The number of carbonyl (C=O) groups is 2. The van der Waals surface area contributed by atoms with Crippen LogP contribution in [0.15, 0.2) is 23.3 Å². The number of aliphatic carboxylic acids is 1. The minimum Gasteiger partial charge on any atom is -0.478 e. The van der Waals surface area contributed by atoms with Crippen LogP contribution in [0.4, 0.5) is 0 Å². The van der Waals surface area contributed by atoms with Crippen LogP contribution in [0.5, 0.6) is 0 Å². The van der Waals surface area contributed by atoms with Gasteiger partial charge in [-0.2, -0.15) is 0 Å². The highest BCUT2D eigenvalue weighted by Crippen LogP contribution is 2.63. The van der Waals surface area contributed by atoms with Crippen LogP contribution in [0.1, 0.15) is 13.8 Å². The molecule has 1 saturated heterocycles. The van der Waals surface area contributed by atoms with E-state index in [1.54, 1.807) is 12.2 Å². The number of hydrogen-bond donors (Lipinski definition) is 3. The molecule has 0 unspecified atom stereocenters. The van der Waals surface area contributed by atoms with Crippen molar-refractivity contribution < 1.29 is 29.6 Å². The van der Waals surface area contributed by atoms with Gasteiger partial charge in [-0.1, -0.05) is 24.6 Å². The normalized spacial score (nSPS) is 44.6. The van der Waals surface area contributed by atoms with Crippen LogP contribution < -0.4 is 0 Å². The molecule has 21 heavy (non-hydrogen) atoms. The summed E-state index contributed by atoms with van der Waals surface area (Å²) in [4.78, 5) is 23.6. The molecular weight excluding hydrogens is 276 g/mol. The number of hydrogen-bond acceptors (Lipinski definition) is 5. The van der Waals surface area contributed by atoms with Crippen LogP contribution in [0, 0.1) is 23.2 Å². The van der Waals surface area contributed by atoms with Crippen molar-refractivity contribution >= 4 is 11.9 Å². The van der Waals surface area contributed by atoms with E-state index in [2.05, 4.69) is 0 Å². The van der Waals surface area contributed by atoms with Gasteiger partial charge in [0.2, 0.25) is 0 Å². The third kappa shape index (κ3) is 1.44. The van der Waals surface area contributed by atoms with Crippen molar-refractivity contribution in [2.75, 3.05) is 13.2 Å². The van der Waals surface area contributed by atoms with Crippen molar-refractivity contribution in [3.63, 3.8) is 0 Å². The van der Waals surface area contributed by atoms with E-state index in [-0.39, 0.29) is 24.0 Å². The maximum atomic E-state index is 12.1. The molecule has 0 aromatic rings. The molecule has 5 atom stereocenters. The lowest BCUT2D eigenvalue weighted by Gasteiger charge is -2.49. The van der Waals surface area contributed by atoms with Gasteiger partial charge in [0.05, 0.1) is 13.2 Å². The molecule has 6 nitrogen and oxygen atoms in total. The highest BCUT2D eigenvalue weighted by atomic mass is 16.6. The molecule has 1 spiro atoms. The first kappa shape index (κ1) is 14.3. The maximum Gasteiger partial charge on any atom is 0.341 e. The first-order chi connectivity index (χ1) is 9.79. The summed E-state index contributed by atoms with van der Waals surface area (Å²) in [5.41, 5.74) is -2.11. The van der Waals surface area contributed by atoms with E-state index in [1.807, 2.05) is 13.8 Å². The highest BCUT2D eigenvalue weighted by molar-refractivity contribution is 5.91. The van der Waals surface area contributed by atoms with Gasteiger partial charge >= 0.3 is 11.9 Å². The number of carboxylic acids is 1. The van der Waals surface area contributed by atoms with Gasteiger partial charge in [0.15, 0.2) is 5.60 Å². The summed E-state index contributed by atoms with van der Waals surface area (Å²) in [6.45, 7) is 2.94. The Morgan fingerprint density at radius 1 is 1.52 bits per heavy atom. The number of aliphatic hydroxyl groups excluding tert-OH is 1. The molecule has 1 aliphatic heterocycles. The quantitative estimate of drug-likeness (QED) is 0.493. The number of allylic oxidation sites excluding steroid dienone is 2. The van der Waals surface area contributed by atoms with Gasteiger partial charge in [0.25, 0.3) is 0 Å². The van der Waals surface area contributed by atoms with Gasteiger partial charge in [0.1, 0.15) is 0 Å². The molecule has 0 bridgehead atoms. The second-order valence-electron chi connectivity index (χ2n) is 6.23. The molecule has 0 saturated carbocycles. The predicted octanol–water partition coefficient (Wildman–Crippen LogP) is 0.106. The van der Waals surface area contributed by atoms with E-state index in [0.29, 0.717) is 0 Å². The lowest BCUT2D eigenvalue weighted by Crippen LogP contribution is -2.65. The smallest absolute Gasteiger partial charge is 0.341 e. The molecule has 0 aromatic carbocycles. The maximum absolute atomic E-state index is 12.1. The Hall–Kier alpha value is -1.66. The van der Waals surface area contributed by atoms with Gasteiger partial charge < -0.3 is 20.1 Å². The lowest BCUT2D eigenvalue weighted by molar-refractivity contribution is -0.212. The van der Waals surface area contributed by atoms with Crippen LogP contribution in [0.3, 0.4) is 0 Å². The van der Waals surface area contributed by atoms with Crippen molar-refractivity contribution in [1.29, 1.82) is 0 Å². The van der Waals surface area contributed by atoms with Crippen molar-refractivity contribution in [3.05, 3.63) is 23.3 Å². The Morgan fingerprint density at radius 2 is 2.19 bits per heavy atom. The summed E-state index contributed by atoms with van der Waals surface area (Å²) >= 11 is 0. The molecule has 114 valence electrons. The molecule has 3 aliphatic rings. The Morgan fingerprint density at radius 3 is 2.76 bits per heavy atom. The topological polar surface area (TPSA) is 104 Å². The van der Waals surface area contributed by atoms with Gasteiger partial charge in [0, 0.05) is 16.9 Å². The van der Waals surface area contributed by atoms with E-state index in [9.17, 15) is 24.9 Å². The molecule has 1 heterocycles. The number of rotatable bonds is 2. The zero-order valence-corrected chi connectivity index (χ0v) is 11.9. The monoisotopic (exact) mass is 294 g/mol. The molecule has 6 heteroatoms. The number of carbonyl (C=O) groups excluding carboxylic acids is 1. The van der Waals surface area contributed by atoms with E-state index >= 15 is 0 Å². The summed E-state index contributed by atoms with van der Waals surface area (Å²) in [5, 5.41) is 29.9. The van der Waals surface area contributed by atoms with Crippen molar-refractivity contribution in [1.82, 2.24) is 0 Å². The molecule has 1 fully saturated rings. The third-order valence-electron chi connectivity index (χ3n) is 5.50. The minimum atomic E-state index is -2.11. The number of esters is 1. The molecule has 0 aromatic heterocycles. The van der Waals surface area contributed by atoms with Crippen LogP contribution in [0.25, 0.3) is 0 Å². The van der Waals surface area contributed by atoms with E-state index < -0.39 is 35.5 Å². The Labute approximate surface area is 121 Å². The number of aliphatic hydroxyl groups is 2. The van der Waals surface area contributed by atoms with Crippen LogP contribution >= 0.6 is 0 Å². The first-order valence-electron chi connectivity index (χ1n) is 6.94. The average Bonchev–Trinajstić information content (AvgIpc) is 2.89. The number of ether oxygens (including phenoxy) is 1. The fourth-order valence-electron chi connectivity index (χ4n) is 4.27. The van der Waals surface area contributed by atoms with Gasteiger partial charge in [-0.15, -0.1) is 0 Å². The second kappa shape index (κ2) is 4.18. The Bertz CT molecular complexity index is 591. The summed E-state index contributed by atoms with van der Waals surface area (Å²) in [6, 6.07) is 0. The molecule has 2 aliphatic carbocycles. The summed E-state index contributed by atoms with van der Waals surface area (Å²) in [7, 11) is 0. The SMILES string of the molecule is CC1=C[C@@]23[C@H](C=C(C(=O)O)[C@@H]2COC(=O)[C@]3(O)CO)[C@@H]1C. The molecule has 3 N–H and O–H groups in total. The number of cyclic esters (lactones) is 1. The zero-order valence-electron chi connectivity index (χ0n) is 11.9. The van der Waals surface area contributed by atoms with Crippen molar-refractivity contribution in [2.24, 2.45) is 23.2 Å². The fraction of sp³-hybridized carbons (Fsp3) is 0.600. The Balaban J connectivity index is 2.23. The van der Waals surface area contributed by atoms with Gasteiger partial charge in [-0.25, -0.2) is 9.59 Å². The molecule has 0 radical (unpaired) electrons. The largest absolute Gasteiger partial charge is 0.478 e. The first-order valence-corrected chi connectivity index (χ1v) is 6.94. The van der Waals surface area contributed by atoms with Crippen molar-refractivity contribution in [3.8, 4) is 0 Å². The van der Waals surface area contributed by atoms with E-state index in [1.165, 1.54) is 0 Å².